The Bertz CT molecular complexity index is 145. The zero-order valence-corrected chi connectivity index (χ0v) is 7.76. The lowest BCUT2D eigenvalue weighted by molar-refractivity contribution is -0.117. The second kappa shape index (κ2) is 4.80. The molecule has 0 N–H and O–H groups in total. The summed E-state index contributed by atoms with van der Waals surface area (Å²) in [6, 6.07) is 0. The van der Waals surface area contributed by atoms with Gasteiger partial charge in [-0.15, -0.1) is 0 Å². The van der Waals surface area contributed by atoms with Crippen molar-refractivity contribution < 1.29 is 4.79 Å². The minimum absolute atomic E-state index is 0.0918. The van der Waals surface area contributed by atoms with Gasteiger partial charge in [0, 0.05) is 12.3 Å². The van der Waals surface area contributed by atoms with Crippen LogP contribution in [0.15, 0.2) is 0 Å². The summed E-state index contributed by atoms with van der Waals surface area (Å²) in [5.41, 5.74) is 0. The van der Waals surface area contributed by atoms with E-state index in [1.165, 1.54) is 0 Å². The summed E-state index contributed by atoms with van der Waals surface area (Å²) in [6.45, 7) is 3.53. The fourth-order valence-corrected chi connectivity index (χ4v) is 1.21. The number of hydrogen-bond donors (Lipinski definition) is 0. The Kier molecular flexibility index (Phi) is 4.83. The Morgan fingerprint density at radius 3 is 2.30 bits per heavy atom. The summed E-state index contributed by atoms with van der Waals surface area (Å²) in [4.78, 5) is 10.6. The van der Waals surface area contributed by atoms with E-state index < -0.39 is 0 Å². The number of thiocarbonyl (C=S) groups is 1. The molecule has 58 valence electrons. The molecule has 0 aromatic heterocycles. The first-order chi connectivity index (χ1) is 4.57. The highest BCUT2D eigenvalue weighted by molar-refractivity contribution is 7.83. The topological polar surface area (TPSA) is 17.1 Å². The fraction of sp³-hybridized carbons (Fsp3) is 0.714. The lowest BCUT2D eigenvalue weighted by atomic mass is 10.0. The molecule has 0 amide bonds. The third-order valence-electron chi connectivity index (χ3n) is 1.35. The number of Topliss-reactive ketones (excluding diaryl/α,β-unsaturated/α-hetero) is 1. The summed E-state index contributed by atoms with van der Waals surface area (Å²) in [5, 5.41) is 0. The molecule has 0 bridgehead atoms. The predicted molar refractivity (Wildman–Crippen MR) is 47.5 cm³/mol. The van der Waals surface area contributed by atoms with Gasteiger partial charge in [-0.25, -0.2) is 0 Å². The fourth-order valence-electron chi connectivity index (χ4n) is 0.732. The van der Waals surface area contributed by atoms with Gasteiger partial charge in [0.25, 0.3) is 0 Å². The number of carbonyl (C=O) groups is 1. The number of ketones is 1. The van der Waals surface area contributed by atoms with Gasteiger partial charge in [-0.3, -0.25) is 0 Å². The Balaban J connectivity index is 3.83. The van der Waals surface area contributed by atoms with Gasteiger partial charge in [0.05, 0.1) is 4.32 Å². The van der Waals surface area contributed by atoms with Gasteiger partial charge in [-0.2, -0.15) is 0 Å². The van der Waals surface area contributed by atoms with E-state index in [4.69, 9.17) is 23.8 Å². The van der Waals surface area contributed by atoms with Crippen LogP contribution in [0.4, 0.5) is 0 Å². The van der Waals surface area contributed by atoms with E-state index in [-0.39, 0.29) is 11.7 Å². The molecule has 0 saturated carbocycles. The van der Waals surface area contributed by atoms with Crippen LogP contribution < -0.4 is 0 Å². The molecule has 0 fully saturated rings. The van der Waals surface area contributed by atoms with E-state index in [9.17, 15) is 4.79 Å². The Morgan fingerprint density at radius 2 is 2.20 bits per heavy atom. The van der Waals surface area contributed by atoms with E-state index in [1.807, 2.05) is 6.92 Å². The van der Waals surface area contributed by atoms with Crippen molar-refractivity contribution >= 4 is 33.9 Å². The molecule has 0 heterocycles. The maximum absolute atomic E-state index is 10.6. The molecule has 0 radical (unpaired) electrons. The van der Waals surface area contributed by atoms with Crippen molar-refractivity contribution in [3.8, 4) is 0 Å². The van der Waals surface area contributed by atoms with E-state index in [2.05, 4.69) is 0 Å². The summed E-state index contributed by atoms with van der Waals surface area (Å²) in [6.07, 6.45) is 1.33. The van der Waals surface area contributed by atoms with Crippen molar-refractivity contribution in [3.05, 3.63) is 0 Å². The summed E-state index contributed by atoms with van der Waals surface area (Å²) in [5.74, 6) is 0.240. The van der Waals surface area contributed by atoms with Crippen LogP contribution in [0.3, 0.4) is 0 Å². The van der Waals surface area contributed by atoms with E-state index >= 15 is 0 Å². The van der Waals surface area contributed by atoms with Crippen molar-refractivity contribution in [3.63, 3.8) is 0 Å². The lowest BCUT2D eigenvalue weighted by Gasteiger charge is -2.07. The summed E-state index contributed by atoms with van der Waals surface area (Å²) in [7, 11) is 0. The predicted octanol–water partition coefficient (Wildman–Crippen LogP) is 2.56. The van der Waals surface area contributed by atoms with Gasteiger partial charge in [0.1, 0.15) is 5.78 Å². The molecule has 0 aliphatic carbocycles. The average molecular weight is 179 g/mol. The molecule has 1 nitrogen and oxygen atoms in total. The number of rotatable bonds is 4. The van der Waals surface area contributed by atoms with Crippen molar-refractivity contribution in [2.75, 3.05) is 0 Å². The molecule has 0 aliphatic rings. The Morgan fingerprint density at radius 1 is 1.70 bits per heavy atom. The number of carbonyl (C=O) groups excluding carboxylic acids is 1. The van der Waals surface area contributed by atoms with E-state index in [0.29, 0.717) is 10.7 Å². The van der Waals surface area contributed by atoms with Gasteiger partial charge in [0.15, 0.2) is 0 Å². The van der Waals surface area contributed by atoms with Crippen LogP contribution in [-0.2, 0) is 4.79 Å². The first-order valence-corrected chi connectivity index (χ1v) is 4.05. The smallest absolute Gasteiger partial charge is 0.130 e. The first kappa shape index (κ1) is 10.0. The molecule has 1 unspecified atom stereocenters. The zero-order chi connectivity index (χ0) is 8.15. The molecular weight excluding hydrogens is 168 g/mol. The average Bonchev–Trinajstić information content (AvgIpc) is 1.81. The molecule has 0 aliphatic heterocycles. The van der Waals surface area contributed by atoms with Gasteiger partial charge in [-0.1, -0.05) is 30.7 Å². The maximum atomic E-state index is 10.6. The molecule has 0 saturated heterocycles. The quantitative estimate of drug-likeness (QED) is 0.486. The van der Waals surface area contributed by atoms with Crippen molar-refractivity contribution in [1.29, 1.82) is 0 Å². The van der Waals surface area contributed by atoms with Crippen LogP contribution in [0.25, 0.3) is 0 Å². The second-order valence-corrected chi connectivity index (χ2v) is 3.39. The van der Waals surface area contributed by atoms with Gasteiger partial charge >= 0.3 is 0 Å². The molecule has 1 atom stereocenters. The van der Waals surface area contributed by atoms with Crippen LogP contribution in [0, 0.1) is 5.92 Å². The largest absolute Gasteiger partial charge is 0.300 e. The van der Waals surface area contributed by atoms with Crippen LogP contribution in [0.5, 0.6) is 0 Å². The molecule has 0 aromatic rings. The molecule has 0 aromatic carbocycles. The number of hydrogen-bond acceptors (Lipinski definition) is 2. The third-order valence-corrected chi connectivity index (χ3v) is 1.99. The third kappa shape index (κ3) is 3.96. The standard InChI is InChI=1S/C7H11ClOS/c1-3-6(7(8)10)4-5(2)9/h6H,3-4H2,1-2H3. The lowest BCUT2D eigenvalue weighted by Crippen LogP contribution is -2.09. The van der Waals surface area contributed by atoms with Crippen LogP contribution >= 0.6 is 23.8 Å². The second-order valence-electron chi connectivity index (χ2n) is 2.32. The van der Waals surface area contributed by atoms with Crippen LogP contribution in [0.1, 0.15) is 26.7 Å². The SMILES string of the molecule is CCC(CC(C)=O)C(=S)Cl. The molecule has 10 heavy (non-hydrogen) atoms. The zero-order valence-electron chi connectivity index (χ0n) is 6.19. The van der Waals surface area contributed by atoms with Crippen molar-refractivity contribution in [2.45, 2.75) is 26.7 Å². The molecular formula is C7H11ClOS. The summed E-state index contributed by atoms with van der Waals surface area (Å²) < 4.78 is 0.428. The Labute approximate surface area is 71.8 Å². The van der Waals surface area contributed by atoms with Crippen LogP contribution in [0.2, 0.25) is 0 Å². The van der Waals surface area contributed by atoms with Gasteiger partial charge in [0.2, 0.25) is 0 Å². The minimum atomic E-state index is 0.0918. The van der Waals surface area contributed by atoms with Crippen molar-refractivity contribution in [1.82, 2.24) is 0 Å². The maximum Gasteiger partial charge on any atom is 0.130 e. The highest BCUT2D eigenvalue weighted by atomic mass is 35.5. The molecule has 3 heteroatoms. The highest BCUT2D eigenvalue weighted by Crippen LogP contribution is 2.13. The molecule has 0 rings (SSSR count). The minimum Gasteiger partial charge on any atom is -0.300 e. The normalized spacial score (nSPS) is 12.7. The monoisotopic (exact) mass is 178 g/mol. The first-order valence-electron chi connectivity index (χ1n) is 3.26. The van der Waals surface area contributed by atoms with Gasteiger partial charge in [-0.05, 0) is 13.3 Å². The van der Waals surface area contributed by atoms with E-state index in [0.717, 1.165) is 6.42 Å². The van der Waals surface area contributed by atoms with Crippen LogP contribution in [-0.4, -0.2) is 10.1 Å². The Hall–Kier alpha value is 0.0500. The molecule has 0 spiro atoms. The number of halogens is 1. The summed E-state index contributed by atoms with van der Waals surface area (Å²) >= 11 is 10.3. The van der Waals surface area contributed by atoms with E-state index in [1.54, 1.807) is 6.92 Å². The highest BCUT2D eigenvalue weighted by Gasteiger charge is 2.11. The van der Waals surface area contributed by atoms with Crippen molar-refractivity contribution in [2.24, 2.45) is 5.92 Å². The van der Waals surface area contributed by atoms with Gasteiger partial charge < -0.3 is 4.79 Å².